The molecule has 104 valence electrons. The lowest BCUT2D eigenvalue weighted by Crippen LogP contribution is -2.48. The van der Waals surface area contributed by atoms with Crippen LogP contribution in [-0.4, -0.2) is 42.0 Å². The van der Waals surface area contributed by atoms with E-state index in [0.29, 0.717) is 0 Å². The van der Waals surface area contributed by atoms with Gasteiger partial charge >= 0.3 is 0 Å². The van der Waals surface area contributed by atoms with Crippen LogP contribution in [0, 0.1) is 6.92 Å². The molecule has 0 saturated carbocycles. The first kappa shape index (κ1) is 12.9. The molecule has 1 saturated heterocycles. The van der Waals surface area contributed by atoms with E-state index in [2.05, 4.69) is 30.0 Å². The van der Waals surface area contributed by atoms with Crippen LogP contribution in [0.5, 0.6) is 0 Å². The highest BCUT2D eigenvalue weighted by molar-refractivity contribution is 5.83. The van der Waals surface area contributed by atoms with Crippen molar-refractivity contribution < 1.29 is 4.79 Å². The molecule has 0 unspecified atom stereocenters. The summed E-state index contributed by atoms with van der Waals surface area (Å²) in [7, 11) is 0. The number of nitrogens with zero attached hydrogens (tertiary/aromatic N) is 3. The summed E-state index contributed by atoms with van der Waals surface area (Å²) in [6.07, 6.45) is 0. The number of fused-ring (bicyclic) bond motifs is 1. The van der Waals surface area contributed by atoms with Gasteiger partial charge in [0.1, 0.15) is 5.82 Å². The van der Waals surface area contributed by atoms with E-state index in [0.717, 1.165) is 37.5 Å². The smallest absolute Gasteiger partial charge is 0.219 e. The third-order valence-corrected chi connectivity index (χ3v) is 3.96. The number of hydrogen-bond acceptors (Lipinski definition) is 3. The summed E-state index contributed by atoms with van der Waals surface area (Å²) in [4.78, 5) is 20.3. The average molecular weight is 269 g/mol. The SMILES string of the molecule is CC(=O)N1CCN(c2cc(C)c3ccccc3n2)CC1. The first-order valence-corrected chi connectivity index (χ1v) is 7.02. The molecular weight excluding hydrogens is 250 g/mol. The molecule has 1 aliphatic rings. The van der Waals surface area contributed by atoms with E-state index in [1.807, 2.05) is 17.0 Å². The Kier molecular flexibility index (Phi) is 3.30. The number of aryl methyl sites for hydroxylation is 1. The number of amides is 1. The molecule has 0 N–H and O–H groups in total. The van der Waals surface area contributed by atoms with Crippen LogP contribution in [0.3, 0.4) is 0 Å². The summed E-state index contributed by atoms with van der Waals surface area (Å²) < 4.78 is 0. The van der Waals surface area contributed by atoms with Crippen molar-refractivity contribution in [2.24, 2.45) is 0 Å². The number of hydrogen-bond donors (Lipinski definition) is 0. The molecule has 0 spiro atoms. The van der Waals surface area contributed by atoms with Crippen molar-refractivity contribution in [1.29, 1.82) is 0 Å². The normalized spacial score (nSPS) is 15.7. The van der Waals surface area contributed by atoms with Crippen molar-refractivity contribution in [2.75, 3.05) is 31.1 Å². The number of piperazine rings is 1. The van der Waals surface area contributed by atoms with Crippen molar-refractivity contribution in [3.05, 3.63) is 35.9 Å². The Labute approximate surface area is 119 Å². The van der Waals surface area contributed by atoms with Gasteiger partial charge in [0.15, 0.2) is 0 Å². The lowest BCUT2D eigenvalue weighted by molar-refractivity contribution is -0.129. The quantitative estimate of drug-likeness (QED) is 0.796. The van der Waals surface area contributed by atoms with E-state index in [1.54, 1.807) is 6.92 Å². The molecule has 0 bridgehead atoms. The number of carbonyl (C=O) groups excluding carboxylic acids is 1. The number of aromatic nitrogens is 1. The van der Waals surface area contributed by atoms with Crippen LogP contribution in [0.1, 0.15) is 12.5 Å². The fourth-order valence-electron chi connectivity index (χ4n) is 2.74. The maximum Gasteiger partial charge on any atom is 0.219 e. The summed E-state index contributed by atoms with van der Waals surface area (Å²) in [6.45, 7) is 7.02. The molecule has 20 heavy (non-hydrogen) atoms. The summed E-state index contributed by atoms with van der Waals surface area (Å²) in [6, 6.07) is 10.4. The monoisotopic (exact) mass is 269 g/mol. The molecule has 2 aromatic rings. The van der Waals surface area contributed by atoms with Crippen molar-refractivity contribution in [3.63, 3.8) is 0 Å². The van der Waals surface area contributed by atoms with Crippen LogP contribution in [0.25, 0.3) is 10.9 Å². The molecule has 1 aromatic heterocycles. The van der Waals surface area contributed by atoms with Gasteiger partial charge in [-0.3, -0.25) is 4.79 Å². The molecule has 1 amide bonds. The third-order valence-electron chi connectivity index (χ3n) is 3.96. The number of pyridine rings is 1. The van der Waals surface area contributed by atoms with E-state index in [-0.39, 0.29) is 5.91 Å². The Balaban J connectivity index is 1.86. The highest BCUT2D eigenvalue weighted by atomic mass is 16.2. The zero-order valence-electron chi connectivity index (χ0n) is 12.0. The fourth-order valence-corrected chi connectivity index (χ4v) is 2.74. The minimum Gasteiger partial charge on any atom is -0.353 e. The molecule has 1 aromatic carbocycles. The van der Waals surface area contributed by atoms with Crippen LogP contribution >= 0.6 is 0 Å². The Bertz CT molecular complexity index is 645. The van der Waals surface area contributed by atoms with Gasteiger partial charge in [0, 0.05) is 38.5 Å². The maximum atomic E-state index is 11.4. The second-order valence-electron chi connectivity index (χ2n) is 5.31. The standard InChI is InChI=1S/C16H19N3O/c1-12-11-16(17-15-6-4-3-5-14(12)15)19-9-7-18(8-10-19)13(2)20/h3-6,11H,7-10H2,1-2H3. The van der Waals surface area contributed by atoms with Gasteiger partial charge in [-0.1, -0.05) is 18.2 Å². The molecule has 1 fully saturated rings. The van der Waals surface area contributed by atoms with Crippen LogP contribution in [0.4, 0.5) is 5.82 Å². The zero-order chi connectivity index (χ0) is 14.1. The third kappa shape index (κ3) is 2.33. The molecule has 2 heterocycles. The largest absolute Gasteiger partial charge is 0.353 e. The highest BCUT2D eigenvalue weighted by Crippen LogP contribution is 2.23. The number of para-hydroxylation sites is 1. The van der Waals surface area contributed by atoms with Crippen molar-refractivity contribution in [2.45, 2.75) is 13.8 Å². The summed E-state index contributed by atoms with van der Waals surface area (Å²) >= 11 is 0. The van der Waals surface area contributed by atoms with Crippen LogP contribution in [-0.2, 0) is 4.79 Å². The van der Waals surface area contributed by atoms with E-state index in [1.165, 1.54) is 10.9 Å². The minimum atomic E-state index is 0.160. The topological polar surface area (TPSA) is 36.4 Å². The number of rotatable bonds is 1. The number of anilines is 1. The summed E-state index contributed by atoms with van der Waals surface area (Å²) in [5.74, 6) is 1.18. The second-order valence-corrected chi connectivity index (χ2v) is 5.31. The van der Waals surface area contributed by atoms with Crippen molar-refractivity contribution >= 4 is 22.6 Å². The van der Waals surface area contributed by atoms with E-state index < -0.39 is 0 Å². The number of benzene rings is 1. The van der Waals surface area contributed by atoms with Gasteiger partial charge in [-0.05, 0) is 24.6 Å². The van der Waals surface area contributed by atoms with E-state index in [4.69, 9.17) is 4.98 Å². The second kappa shape index (κ2) is 5.12. The molecule has 0 radical (unpaired) electrons. The van der Waals surface area contributed by atoms with Gasteiger partial charge in [0.25, 0.3) is 0 Å². The Morgan fingerprint density at radius 1 is 1.15 bits per heavy atom. The van der Waals surface area contributed by atoms with Gasteiger partial charge in [-0.25, -0.2) is 4.98 Å². The van der Waals surface area contributed by atoms with Gasteiger partial charge < -0.3 is 9.80 Å². The summed E-state index contributed by atoms with van der Waals surface area (Å²) in [5.41, 5.74) is 2.29. The van der Waals surface area contributed by atoms with Gasteiger partial charge in [-0.15, -0.1) is 0 Å². The molecule has 0 aliphatic carbocycles. The van der Waals surface area contributed by atoms with Crippen LogP contribution < -0.4 is 4.90 Å². The summed E-state index contributed by atoms with van der Waals surface area (Å²) in [5, 5.41) is 1.21. The molecule has 3 rings (SSSR count). The lowest BCUT2D eigenvalue weighted by atomic mass is 10.1. The molecule has 1 aliphatic heterocycles. The molecular formula is C16H19N3O. The van der Waals surface area contributed by atoms with Crippen molar-refractivity contribution in [1.82, 2.24) is 9.88 Å². The Hall–Kier alpha value is -2.10. The predicted molar refractivity (Wildman–Crippen MR) is 80.9 cm³/mol. The molecule has 4 nitrogen and oxygen atoms in total. The predicted octanol–water partition coefficient (Wildman–Crippen LogP) is 2.21. The van der Waals surface area contributed by atoms with Gasteiger partial charge in [0.05, 0.1) is 5.52 Å². The van der Waals surface area contributed by atoms with Crippen LogP contribution in [0.2, 0.25) is 0 Å². The Morgan fingerprint density at radius 3 is 2.55 bits per heavy atom. The fraction of sp³-hybridized carbons (Fsp3) is 0.375. The lowest BCUT2D eigenvalue weighted by Gasteiger charge is -2.35. The van der Waals surface area contributed by atoms with Gasteiger partial charge in [0.2, 0.25) is 5.91 Å². The van der Waals surface area contributed by atoms with Crippen LogP contribution in [0.15, 0.2) is 30.3 Å². The Morgan fingerprint density at radius 2 is 1.85 bits per heavy atom. The zero-order valence-corrected chi connectivity index (χ0v) is 12.0. The van der Waals surface area contributed by atoms with Crippen molar-refractivity contribution in [3.8, 4) is 0 Å². The van der Waals surface area contributed by atoms with Gasteiger partial charge in [-0.2, -0.15) is 0 Å². The van der Waals surface area contributed by atoms with E-state index in [9.17, 15) is 4.79 Å². The highest BCUT2D eigenvalue weighted by Gasteiger charge is 2.20. The minimum absolute atomic E-state index is 0.160. The molecule has 4 heteroatoms. The van der Waals surface area contributed by atoms with E-state index >= 15 is 0 Å². The first-order valence-electron chi connectivity index (χ1n) is 7.02. The molecule has 0 atom stereocenters. The maximum absolute atomic E-state index is 11.4. The first-order chi connectivity index (χ1) is 9.65. The average Bonchev–Trinajstić information content (AvgIpc) is 2.47. The number of carbonyl (C=O) groups is 1.